The minimum Gasteiger partial charge on any atom is -0.396 e. The number of hydrogen-bond acceptors (Lipinski definition) is 10. The molecule has 0 radical (unpaired) electrons. The maximum Gasteiger partial charge on any atom is 0.172 e. The van der Waals surface area contributed by atoms with E-state index < -0.39 is 28.7 Å². The molecule has 1 aromatic heterocycles. The highest BCUT2D eigenvalue weighted by atomic mass is 16.7. The molecule has 5 saturated carbocycles. The van der Waals surface area contributed by atoms with Gasteiger partial charge in [0.2, 0.25) is 0 Å². The van der Waals surface area contributed by atoms with E-state index in [1.165, 1.54) is 22.7 Å². The SMILES string of the molecule is C[C@H]1[C@H]2[C@H](C=C3[C@@H]4CC[C@H]5Cc6nc7c(nc6C[C@]5(C)[C@@H]4C[C@@H](O)[C@@]32C)C[C@@H]2CC[C@@H]3[C@H](CC(=O)[C@]34C[C@@H]3O[C@@]5(CCC(C)(C)O5)[C@@H](C)[C@@H]3[C@]4(C)O)[C@@]2(C)C7)O[C@]12C[C@](C)(CO)CO2. The topological polar surface area (TPSA) is 140 Å². The Balaban J connectivity index is 0.761. The fourth-order valence-corrected chi connectivity index (χ4v) is 20.0. The summed E-state index contributed by atoms with van der Waals surface area (Å²) in [6, 6.07) is 0. The number of ketones is 1. The molecule has 4 saturated heterocycles. The van der Waals surface area contributed by atoms with E-state index in [-0.39, 0.29) is 87.4 Å². The number of carbonyl (C=O) groups excluding carboxylic acids is 1. The molecule has 10 heteroatoms. The van der Waals surface area contributed by atoms with Gasteiger partial charge in [-0.25, -0.2) is 0 Å². The Kier molecular flexibility index (Phi) is 8.40. The standard InChI is InChI=1S/C54H76N2O8/c1-27-44-40(62-54(27)24-47(5,25-57)26-61-54)18-34-31-12-10-29-16-36-38(21-48(29,6)33(31)19-42(58)50(34,44)8)55-37-17-30-11-13-32-35(49(30,7)22-39(37)56-36)20-43(59)52(32)23-41-45(51(52,9)60)28(2)53(63-41)15-14-46(3,4)64-53/h18,27-33,35,40-42,44-45,57-58,60H,10-17,19-26H2,1-9H3/t27-,28-,29-,30-,31+,32+,33+,35-,40-,41-,42+,44-,45-,47+,48-,49-,50+,51-,52-,53+,54+/m0/s1. The van der Waals surface area contributed by atoms with Crippen LogP contribution in [-0.2, 0) is 49.4 Å². The van der Waals surface area contributed by atoms with Gasteiger partial charge in [0, 0.05) is 53.8 Å². The summed E-state index contributed by atoms with van der Waals surface area (Å²) in [6.45, 7) is 20.7. The fourth-order valence-electron chi connectivity index (χ4n) is 20.0. The average Bonchev–Trinajstić information content (AvgIpc) is 4.06. The number of aliphatic hydroxyl groups is 3. The van der Waals surface area contributed by atoms with Crippen molar-refractivity contribution in [2.75, 3.05) is 13.2 Å². The van der Waals surface area contributed by atoms with Gasteiger partial charge in [0.1, 0.15) is 5.78 Å². The number of aromatic nitrogens is 2. The molecule has 350 valence electrons. The van der Waals surface area contributed by atoms with Crippen molar-refractivity contribution in [1.82, 2.24) is 9.97 Å². The minimum absolute atomic E-state index is 0.0132. The number of hydrogen-bond donors (Lipinski definition) is 3. The largest absolute Gasteiger partial charge is 0.396 e. The van der Waals surface area contributed by atoms with E-state index in [4.69, 9.17) is 28.9 Å². The van der Waals surface area contributed by atoms with Gasteiger partial charge in [-0.1, -0.05) is 53.2 Å². The summed E-state index contributed by atoms with van der Waals surface area (Å²) in [5.41, 5.74) is 3.22. The van der Waals surface area contributed by atoms with Gasteiger partial charge in [0.05, 0.1) is 70.9 Å². The molecular formula is C54H76N2O8. The van der Waals surface area contributed by atoms with E-state index in [1.807, 2.05) is 6.92 Å². The highest BCUT2D eigenvalue weighted by molar-refractivity contribution is 5.90. The number of nitrogens with zero attached hydrogens (tertiary/aromatic N) is 2. The summed E-state index contributed by atoms with van der Waals surface area (Å²) in [7, 11) is 0. The zero-order valence-corrected chi connectivity index (χ0v) is 40.2. The van der Waals surface area contributed by atoms with Crippen molar-refractivity contribution < 1.29 is 39.1 Å². The van der Waals surface area contributed by atoms with Gasteiger partial charge >= 0.3 is 0 Å². The molecule has 1 aromatic rings. The van der Waals surface area contributed by atoms with E-state index in [0.29, 0.717) is 49.5 Å². The van der Waals surface area contributed by atoms with Crippen molar-refractivity contribution in [2.45, 2.75) is 193 Å². The van der Waals surface area contributed by atoms with Crippen LogP contribution in [0.3, 0.4) is 0 Å². The van der Waals surface area contributed by atoms with Crippen LogP contribution in [0.25, 0.3) is 0 Å². The lowest BCUT2D eigenvalue weighted by atomic mass is 9.45. The molecule has 3 spiro atoms. The predicted octanol–water partition coefficient (Wildman–Crippen LogP) is 7.50. The Morgan fingerprint density at radius 1 is 0.766 bits per heavy atom. The van der Waals surface area contributed by atoms with Crippen molar-refractivity contribution in [3.8, 4) is 0 Å². The third kappa shape index (κ3) is 4.92. The Morgan fingerprint density at radius 2 is 1.42 bits per heavy atom. The number of rotatable bonds is 1. The van der Waals surface area contributed by atoms with Gasteiger partial charge in [0.25, 0.3) is 0 Å². The van der Waals surface area contributed by atoms with Crippen molar-refractivity contribution in [1.29, 1.82) is 0 Å². The molecular weight excluding hydrogens is 805 g/mol. The van der Waals surface area contributed by atoms with Crippen LogP contribution in [0.15, 0.2) is 11.6 Å². The molecule has 64 heavy (non-hydrogen) atoms. The summed E-state index contributed by atoms with van der Waals surface area (Å²) in [6.07, 6.45) is 14.0. The maximum absolute atomic E-state index is 14.8. The van der Waals surface area contributed by atoms with Crippen LogP contribution in [0.1, 0.15) is 149 Å². The Morgan fingerprint density at radius 3 is 2.05 bits per heavy atom. The van der Waals surface area contributed by atoms with E-state index in [0.717, 1.165) is 76.3 Å². The van der Waals surface area contributed by atoms with E-state index in [2.05, 4.69) is 61.5 Å². The minimum atomic E-state index is -1.16. The maximum atomic E-state index is 14.8. The predicted molar refractivity (Wildman–Crippen MR) is 237 cm³/mol. The summed E-state index contributed by atoms with van der Waals surface area (Å²) >= 11 is 0. The van der Waals surface area contributed by atoms with Crippen molar-refractivity contribution in [3.05, 3.63) is 34.4 Å². The molecule has 13 rings (SSSR count). The van der Waals surface area contributed by atoms with Crippen molar-refractivity contribution in [3.63, 3.8) is 0 Å². The first-order valence-electron chi connectivity index (χ1n) is 25.9. The molecule has 3 N–H and O–H groups in total. The third-order valence-corrected chi connectivity index (χ3v) is 23.4. The molecule has 4 aliphatic heterocycles. The number of Topliss-reactive ketones (excluding diaryl/α,β-unsaturated/α-hetero) is 1. The summed E-state index contributed by atoms with van der Waals surface area (Å²) < 4.78 is 27.0. The van der Waals surface area contributed by atoms with Gasteiger partial charge in [-0.05, 0) is 138 Å². The van der Waals surface area contributed by atoms with Gasteiger partial charge in [-0.15, -0.1) is 0 Å². The molecule has 5 heterocycles. The molecule has 0 unspecified atom stereocenters. The second-order valence-corrected chi connectivity index (χ2v) is 26.7. The lowest BCUT2D eigenvalue weighted by Crippen LogP contribution is -2.58. The number of aliphatic hydroxyl groups excluding tert-OH is 2. The molecule has 0 amide bonds. The third-order valence-electron chi connectivity index (χ3n) is 23.4. The molecule has 10 nitrogen and oxygen atoms in total. The van der Waals surface area contributed by atoms with Crippen LogP contribution in [0.5, 0.6) is 0 Å². The van der Waals surface area contributed by atoms with Crippen LogP contribution in [-0.4, -0.2) is 85.4 Å². The van der Waals surface area contributed by atoms with Gasteiger partial charge in [0.15, 0.2) is 11.6 Å². The summed E-state index contributed by atoms with van der Waals surface area (Å²) in [4.78, 5) is 26.0. The zero-order chi connectivity index (χ0) is 44.7. The summed E-state index contributed by atoms with van der Waals surface area (Å²) in [5, 5.41) is 35.5. The zero-order valence-electron chi connectivity index (χ0n) is 40.2. The molecule has 0 bridgehead atoms. The van der Waals surface area contributed by atoms with Crippen molar-refractivity contribution in [2.24, 2.45) is 86.3 Å². The molecule has 21 atom stereocenters. The Labute approximate surface area is 380 Å². The number of fused-ring (bicyclic) bond motifs is 14. The van der Waals surface area contributed by atoms with Gasteiger partial charge in [-0.2, -0.15) is 0 Å². The van der Waals surface area contributed by atoms with E-state index >= 15 is 0 Å². The molecule has 0 aromatic carbocycles. The van der Waals surface area contributed by atoms with Crippen LogP contribution in [0.4, 0.5) is 0 Å². The smallest absolute Gasteiger partial charge is 0.172 e. The van der Waals surface area contributed by atoms with Crippen LogP contribution < -0.4 is 0 Å². The highest BCUT2D eigenvalue weighted by Gasteiger charge is 2.79. The first kappa shape index (κ1) is 42.3. The summed E-state index contributed by atoms with van der Waals surface area (Å²) in [5.74, 6) is 1.08. The van der Waals surface area contributed by atoms with Gasteiger partial charge < -0.3 is 34.3 Å². The van der Waals surface area contributed by atoms with E-state index in [1.54, 1.807) is 0 Å². The number of ether oxygens (including phenoxy) is 4. The second kappa shape index (κ2) is 12.7. The normalized spacial score (nSPS) is 58.1. The molecule has 12 aliphatic rings. The lowest BCUT2D eigenvalue weighted by molar-refractivity contribution is -0.256. The van der Waals surface area contributed by atoms with Crippen LogP contribution in [0, 0.1) is 86.3 Å². The van der Waals surface area contributed by atoms with E-state index in [9.17, 15) is 20.1 Å². The second-order valence-electron chi connectivity index (χ2n) is 26.7. The first-order chi connectivity index (χ1) is 30.1. The first-order valence-corrected chi connectivity index (χ1v) is 25.9. The highest BCUT2D eigenvalue weighted by Crippen LogP contribution is 2.74. The quantitative estimate of drug-likeness (QED) is 0.243. The Bertz CT molecular complexity index is 2260. The lowest BCUT2D eigenvalue weighted by Gasteiger charge is -2.60. The Hall–Kier alpha value is -1.79. The van der Waals surface area contributed by atoms with Crippen molar-refractivity contribution >= 4 is 5.78 Å². The molecule has 8 aliphatic carbocycles. The number of carbonyl (C=O) groups is 1. The fraction of sp³-hybridized carbons (Fsp3) is 0.870. The van der Waals surface area contributed by atoms with Gasteiger partial charge in [-0.3, -0.25) is 14.8 Å². The van der Waals surface area contributed by atoms with Crippen LogP contribution in [0.2, 0.25) is 0 Å². The average molecular weight is 881 g/mol. The van der Waals surface area contributed by atoms with Crippen LogP contribution >= 0.6 is 0 Å². The monoisotopic (exact) mass is 881 g/mol. The molecule has 9 fully saturated rings.